The summed E-state index contributed by atoms with van der Waals surface area (Å²) in [5, 5.41) is 0. The summed E-state index contributed by atoms with van der Waals surface area (Å²) in [5.74, 6) is 1.07. The van der Waals surface area contributed by atoms with Crippen molar-refractivity contribution in [1.82, 2.24) is 9.80 Å². The summed E-state index contributed by atoms with van der Waals surface area (Å²) in [7, 11) is 1.82. The van der Waals surface area contributed by atoms with Crippen LogP contribution in [0, 0.1) is 5.92 Å². The van der Waals surface area contributed by atoms with Crippen LogP contribution in [0.5, 0.6) is 5.75 Å². The molecule has 2 fully saturated rings. The van der Waals surface area contributed by atoms with Crippen molar-refractivity contribution < 1.29 is 19.1 Å². The number of benzene rings is 1. The maximum absolute atomic E-state index is 12.9. The van der Waals surface area contributed by atoms with E-state index in [4.69, 9.17) is 9.47 Å². The van der Waals surface area contributed by atoms with E-state index in [1.54, 1.807) is 4.90 Å². The molecule has 2 saturated heterocycles. The molecule has 0 aromatic heterocycles. The van der Waals surface area contributed by atoms with Gasteiger partial charge in [0.15, 0.2) is 0 Å². The zero-order valence-corrected chi connectivity index (χ0v) is 15.3. The van der Waals surface area contributed by atoms with Gasteiger partial charge in [-0.1, -0.05) is 18.2 Å². The van der Waals surface area contributed by atoms with Crippen LogP contribution < -0.4 is 4.74 Å². The number of likely N-dealkylation sites (N-methyl/N-ethyl adjacent to an activating group) is 1. The first-order valence-electron chi connectivity index (χ1n) is 9.44. The number of likely N-dealkylation sites (tertiary alicyclic amines) is 1. The average molecular weight is 358 g/mol. The highest BCUT2D eigenvalue weighted by Crippen LogP contribution is 2.34. The molecule has 1 aromatic carbocycles. The number of piperidine rings is 1. The van der Waals surface area contributed by atoms with Crippen molar-refractivity contribution >= 4 is 11.8 Å². The number of amides is 2. The molecule has 1 atom stereocenters. The molecule has 1 spiro atoms. The van der Waals surface area contributed by atoms with Crippen molar-refractivity contribution in [3.05, 3.63) is 29.8 Å². The number of fused-ring (bicyclic) bond motifs is 1. The van der Waals surface area contributed by atoms with E-state index in [1.807, 2.05) is 36.2 Å². The van der Waals surface area contributed by atoms with E-state index in [9.17, 15) is 9.59 Å². The molecule has 2 amide bonds. The molecular formula is C20H26N2O4. The Labute approximate surface area is 154 Å². The summed E-state index contributed by atoms with van der Waals surface area (Å²) in [6.45, 7) is 2.95. The van der Waals surface area contributed by atoms with Gasteiger partial charge >= 0.3 is 0 Å². The SMILES string of the molecule is CN1CCOC2(CCN(C(=O)C3COc4ccccc4C3)CC2)CC1=O. The molecule has 0 saturated carbocycles. The van der Waals surface area contributed by atoms with Gasteiger partial charge in [-0.15, -0.1) is 0 Å². The van der Waals surface area contributed by atoms with Gasteiger partial charge in [0.25, 0.3) is 0 Å². The van der Waals surface area contributed by atoms with Crippen LogP contribution in [0.4, 0.5) is 0 Å². The molecule has 1 unspecified atom stereocenters. The third-order valence-corrected chi connectivity index (χ3v) is 5.95. The minimum absolute atomic E-state index is 0.123. The van der Waals surface area contributed by atoms with E-state index in [0.717, 1.165) is 30.6 Å². The zero-order valence-electron chi connectivity index (χ0n) is 15.3. The Morgan fingerprint density at radius 1 is 1.19 bits per heavy atom. The Kier molecular flexibility index (Phi) is 4.61. The predicted octanol–water partition coefficient (Wildman–Crippen LogP) is 1.48. The number of ether oxygens (including phenoxy) is 2. The van der Waals surface area contributed by atoms with E-state index in [0.29, 0.717) is 39.3 Å². The fourth-order valence-electron chi connectivity index (χ4n) is 4.19. The summed E-state index contributed by atoms with van der Waals surface area (Å²) in [6.07, 6.45) is 2.60. The van der Waals surface area contributed by atoms with Gasteiger partial charge in [-0.25, -0.2) is 0 Å². The van der Waals surface area contributed by atoms with Crippen molar-refractivity contribution in [3.63, 3.8) is 0 Å². The van der Waals surface area contributed by atoms with E-state index >= 15 is 0 Å². The fraction of sp³-hybridized carbons (Fsp3) is 0.600. The van der Waals surface area contributed by atoms with E-state index < -0.39 is 5.60 Å². The normalized spacial score (nSPS) is 25.4. The summed E-state index contributed by atoms with van der Waals surface area (Å²) in [4.78, 5) is 28.8. The van der Waals surface area contributed by atoms with Crippen molar-refractivity contribution in [1.29, 1.82) is 0 Å². The lowest BCUT2D eigenvalue weighted by atomic mass is 9.86. The second-order valence-corrected chi connectivity index (χ2v) is 7.67. The molecule has 140 valence electrons. The number of hydrogen-bond donors (Lipinski definition) is 0. The van der Waals surface area contributed by atoms with Gasteiger partial charge in [-0.2, -0.15) is 0 Å². The standard InChI is InChI=1S/C20H26N2O4/c1-21-10-11-26-20(13-18(21)23)6-8-22(9-7-20)19(24)16-12-15-4-2-3-5-17(15)25-14-16/h2-5,16H,6-14H2,1H3. The van der Waals surface area contributed by atoms with Crippen LogP contribution in [0.15, 0.2) is 24.3 Å². The molecule has 26 heavy (non-hydrogen) atoms. The maximum Gasteiger partial charge on any atom is 0.229 e. The molecule has 3 aliphatic rings. The Balaban J connectivity index is 1.37. The summed E-state index contributed by atoms with van der Waals surface area (Å²) >= 11 is 0. The number of hydrogen-bond acceptors (Lipinski definition) is 4. The van der Waals surface area contributed by atoms with Crippen molar-refractivity contribution in [2.24, 2.45) is 5.92 Å². The highest BCUT2D eigenvalue weighted by atomic mass is 16.5. The third-order valence-electron chi connectivity index (χ3n) is 5.95. The lowest BCUT2D eigenvalue weighted by Gasteiger charge is -2.41. The summed E-state index contributed by atoms with van der Waals surface area (Å²) in [6, 6.07) is 7.92. The first-order chi connectivity index (χ1) is 12.6. The predicted molar refractivity (Wildman–Crippen MR) is 95.9 cm³/mol. The number of rotatable bonds is 1. The van der Waals surface area contributed by atoms with Crippen LogP contribution in [0.1, 0.15) is 24.8 Å². The lowest BCUT2D eigenvalue weighted by molar-refractivity contribution is -0.145. The molecule has 4 rings (SSSR count). The van der Waals surface area contributed by atoms with Crippen LogP contribution >= 0.6 is 0 Å². The molecule has 3 heterocycles. The van der Waals surface area contributed by atoms with Gasteiger partial charge < -0.3 is 19.3 Å². The minimum Gasteiger partial charge on any atom is -0.492 e. The Bertz CT molecular complexity index is 697. The van der Waals surface area contributed by atoms with Gasteiger partial charge in [0.2, 0.25) is 11.8 Å². The molecule has 0 N–H and O–H groups in total. The highest BCUT2D eigenvalue weighted by Gasteiger charge is 2.42. The van der Waals surface area contributed by atoms with Crippen molar-refractivity contribution in [2.75, 3.05) is 39.9 Å². The Morgan fingerprint density at radius 3 is 2.77 bits per heavy atom. The second-order valence-electron chi connectivity index (χ2n) is 7.67. The quantitative estimate of drug-likeness (QED) is 0.763. The first kappa shape index (κ1) is 17.3. The molecule has 1 aromatic rings. The molecule has 0 bridgehead atoms. The Morgan fingerprint density at radius 2 is 1.96 bits per heavy atom. The van der Waals surface area contributed by atoms with Crippen LogP contribution in [0.25, 0.3) is 0 Å². The van der Waals surface area contributed by atoms with Crippen LogP contribution in [0.2, 0.25) is 0 Å². The zero-order chi connectivity index (χ0) is 18.1. The van der Waals surface area contributed by atoms with Crippen LogP contribution in [0.3, 0.4) is 0 Å². The number of nitrogens with zero attached hydrogens (tertiary/aromatic N) is 2. The smallest absolute Gasteiger partial charge is 0.229 e. The average Bonchev–Trinajstić information content (AvgIpc) is 2.80. The molecular weight excluding hydrogens is 332 g/mol. The second kappa shape index (κ2) is 6.91. The largest absolute Gasteiger partial charge is 0.492 e. The fourth-order valence-corrected chi connectivity index (χ4v) is 4.19. The van der Waals surface area contributed by atoms with Crippen LogP contribution in [-0.2, 0) is 20.7 Å². The van der Waals surface area contributed by atoms with E-state index in [1.165, 1.54) is 0 Å². The van der Waals surface area contributed by atoms with Crippen molar-refractivity contribution in [2.45, 2.75) is 31.3 Å². The van der Waals surface area contributed by atoms with E-state index in [-0.39, 0.29) is 17.7 Å². The minimum atomic E-state index is -0.395. The first-order valence-corrected chi connectivity index (χ1v) is 9.44. The molecule has 6 heteroatoms. The van der Waals surface area contributed by atoms with Crippen molar-refractivity contribution in [3.8, 4) is 5.75 Å². The third kappa shape index (κ3) is 3.30. The van der Waals surface area contributed by atoms with Gasteiger partial charge in [-0.3, -0.25) is 9.59 Å². The lowest BCUT2D eigenvalue weighted by Crippen LogP contribution is -2.51. The van der Waals surface area contributed by atoms with Gasteiger partial charge in [0.1, 0.15) is 12.4 Å². The number of para-hydroxylation sites is 1. The van der Waals surface area contributed by atoms with Gasteiger partial charge in [-0.05, 0) is 30.9 Å². The molecule has 6 nitrogen and oxygen atoms in total. The monoisotopic (exact) mass is 358 g/mol. The summed E-state index contributed by atoms with van der Waals surface area (Å²) < 4.78 is 11.8. The Hall–Kier alpha value is -2.08. The van der Waals surface area contributed by atoms with Gasteiger partial charge in [0, 0.05) is 26.7 Å². The number of carbonyl (C=O) groups excluding carboxylic acids is 2. The number of carbonyl (C=O) groups is 2. The molecule has 0 radical (unpaired) electrons. The molecule has 3 aliphatic heterocycles. The maximum atomic E-state index is 12.9. The van der Waals surface area contributed by atoms with E-state index in [2.05, 4.69) is 0 Å². The van der Waals surface area contributed by atoms with Gasteiger partial charge in [0.05, 0.1) is 24.5 Å². The highest BCUT2D eigenvalue weighted by molar-refractivity contribution is 5.80. The molecule has 0 aliphatic carbocycles. The van der Waals surface area contributed by atoms with Crippen LogP contribution in [-0.4, -0.2) is 67.1 Å². The topological polar surface area (TPSA) is 59.1 Å². The summed E-state index contributed by atoms with van der Waals surface area (Å²) in [5.41, 5.74) is 0.709.